The van der Waals surface area contributed by atoms with Gasteiger partial charge < -0.3 is 13.9 Å². The van der Waals surface area contributed by atoms with Crippen molar-refractivity contribution < 1.29 is 13.9 Å². The monoisotopic (exact) mass is 525 g/mol. The molecule has 0 N–H and O–H groups in total. The van der Waals surface area contributed by atoms with Gasteiger partial charge in [0.05, 0.1) is 19.9 Å². The zero-order valence-corrected chi connectivity index (χ0v) is 23.7. The van der Waals surface area contributed by atoms with Crippen molar-refractivity contribution >= 4 is 25.1 Å². The van der Waals surface area contributed by atoms with Crippen LogP contribution in [0.1, 0.15) is 69.8 Å². The molecule has 0 amide bonds. The van der Waals surface area contributed by atoms with Crippen molar-refractivity contribution in [3.63, 3.8) is 0 Å². The number of fused-ring (bicyclic) bond motifs is 1. The molecule has 4 nitrogen and oxygen atoms in total. The van der Waals surface area contributed by atoms with Crippen LogP contribution < -0.4 is 14.7 Å². The minimum atomic E-state index is -2.51. The summed E-state index contributed by atoms with van der Waals surface area (Å²) >= 11 is 0. The molecule has 0 unspecified atom stereocenters. The minimum Gasteiger partial charge on any atom is -0.525 e. The predicted molar refractivity (Wildman–Crippen MR) is 158 cm³/mol. The van der Waals surface area contributed by atoms with Crippen LogP contribution in [0.25, 0.3) is 11.1 Å². The maximum atomic E-state index is 7.57. The SMILES string of the molecule is COc1ccc(C2=Nc3cccc(-c4ccc(OC)cc4)c3[Si](C3CCCCC3)(C3CCCCC3)O2)cc1. The van der Waals surface area contributed by atoms with Gasteiger partial charge in [0.15, 0.2) is 0 Å². The molecular formula is C33H39NO3Si. The van der Waals surface area contributed by atoms with Crippen LogP contribution in [0, 0.1) is 0 Å². The van der Waals surface area contributed by atoms with Crippen LogP contribution in [-0.4, -0.2) is 28.4 Å². The highest BCUT2D eigenvalue weighted by atomic mass is 28.4. The lowest BCUT2D eigenvalue weighted by molar-refractivity contribution is 0.388. The number of ether oxygens (including phenoxy) is 2. The molecule has 3 aromatic carbocycles. The minimum absolute atomic E-state index is 0.612. The highest BCUT2D eigenvalue weighted by Crippen LogP contribution is 2.52. The molecule has 2 fully saturated rings. The molecule has 0 saturated heterocycles. The Bertz CT molecular complexity index is 1250. The molecule has 0 aromatic heterocycles. The van der Waals surface area contributed by atoms with Gasteiger partial charge in [-0.15, -0.1) is 0 Å². The van der Waals surface area contributed by atoms with E-state index < -0.39 is 8.32 Å². The third-order valence-corrected chi connectivity index (χ3v) is 14.5. The van der Waals surface area contributed by atoms with Crippen LogP contribution in [0.4, 0.5) is 5.69 Å². The van der Waals surface area contributed by atoms with Gasteiger partial charge in [0.1, 0.15) is 11.5 Å². The van der Waals surface area contributed by atoms with Gasteiger partial charge >= 0.3 is 0 Å². The average Bonchev–Trinajstić information content (AvgIpc) is 3.01. The molecular weight excluding hydrogens is 486 g/mol. The molecule has 0 atom stereocenters. The Balaban J connectivity index is 1.58. The molecule has 1 aliphatic heterocycles. The van der Waals surface area contributed by atoms with Crippen molar-refractivity contribution in [1.82, 2.24) is 0 Å². The zero-order valence-electron chi connectivity index (χ0n) is 22.7. The molecule has 6 rings (SSSR count). The lowest BCUT2D eigenvalue weighted by Gasteiger charge is -2.49. The van der Waals surface area contributed by atoms with Gasteiger partial charge in [0, 0.05) is 10.8 Å². The van der Waals surface area contributed by atoms with Crippen molar-refractivity contribution in [3.8, 4) is 22.6 Å². The van der Waals surface area contributed by atoms with E-state index in [0.29, 0.717) is 11.1 Å². The summed E-state index contributed by atoms with van der Waals surface area (Å²) in [6, 6.07) is 23.6. The van der Waals surface area contributed by atoms with Crippen LogP contribution in [0.5, 0.6) is 11.5 Å². The van der Waals surface area contributed by atoms with Gasteiger partial charge in [0.2, 0.25) is 5.90 Å². The van der Waals surface area contributed by atoms with Crippen molar-refractivity contribution in [2.75, 3.05) is 14.2 Å². The largest absolute Gasteiger partial charge is 0.525 e. The van der Waals surface area contributed by atoms with Gasteiger partial charge in [-0.2, -0.15) is 0 Å². The van der Waals surface area contributed by atoms with E-state index in [4.69, 9.17) is 18.9 Å². The second-order valence-electron chi connectivity index (χ2n) is 11.1. The molecule has 38 heavy (non-hydrogen) atoms. The quantitative estimate of drug-likeness (QED) is 0.304. The first-order valence-electron chi connectivity index (χ1n) is 14.4. The van der Waals surface area contributed by atoms with Crippen molar-refractivity contribution in [2.24, 2.45) is 4.99 Å². The van der Waals surface area contributed by atoms with E-state index in [-0.39, 0.29) is 0 Å². The molecule has 198 valence electrons. The molecule has 0 radical (unpaired) electrons. The normalized spacial score (nSPS) is 19.7. The molecule has 2 saturated carbocycles. The maximum Gasteiger partial charge on any atom is 0.293 e. The molecule has 0 bridgehead atoms. The summed E-state index contributed by atoms with van der Waals surface area (Å²) in [6.07, 6.45) is 13.0. The fraction of sp³-hybridized carbons (Fsp3) is 0.424. The van der Waals surface area contributed by atoms with Crippen LogP contribution in [0.3, 0.4) is 0 Å². The number of hydrogen-bond acceptors (Lipinski definition) is 4. The van der Waals surface area contributed by atoms with Crippen LogP contribution in [-0.2, 0) is 4.43 Å². The Hall–Kier alpha value is -3.05. The van der Waals surface area contributed by atoms with Crippen LogP contribution >= 0.6 is 0 Å². The molecule has 0 spiro atoms. The number of rotatable bonds is 6. The first-order chi connectivity index (χ1) is 18.7. The molecule has 3 aromatic rings. The van der Waals surface area contributed by atoms with E-state index in [0.717, 1.165) is 28.6 Å². The number of hydrogen-bond donors (Lipinski definition) is 0. The van der Waals surface area contributed by atoms with Crippen molar-refractivity contribution in [3.05, 3.63) is 72.3 Å². The number of benzene rings is 3. The van der Waals surface area contributed by atoms with Gasteiger partial charge in [0.25, 0.3) is 8.32 Å². The van der Waals surface area contributed by atoms with Gasteiger partial charge in [-0.05, 0) is 90.4 Å². The Morgan fingerprint density at radius 3 is 1.71 bits per heavy atom. The summed E-state index contributed by atoms with van der Waals surface area (Å²) in [5, 5.41) is 1.45. The summed E-state index contributed by atoms with van der Waals surface area (Å²) in [7, 11) is 0.930. The first-order valence-corrected chi connectivity index (χ1v) is 16.5. The second kappa shape index (κ2) is 11.0. The van der Waals surface area contributed by atoms with Gasteiger partial charge in [-0.3, -0.25) is 0 Å². The lowest BCUT2D eigenvalue weighted by Crippen LogP contribution is -2.62. The van der Waals surface area contributed by atoms with Crippen LogP contribution in [0.2, 0.25) is 11.1 Å². The Morgan fingerprint density at radius 1 is 0.658 bits per heavy atom. The maximum absolute atomic E-state index is 7.57. The number of aliphatic imine (C=N–C) groups is 1. The fourth-order valence-corrected chi connectivity index (χ4v) is 13.3. The molecule has 2 aliphatic carbocycles. The summed E-state index contributed by atoms with van der Waals surface area (Å²) in [5.41, 5.74) is 5.94. The van der Waals surface area contributed by atoms with E-state index in [1.807, 2.05) is 12.1 Å². The molecule has 3 aliphatic rings. The highest BCUT2D eigenvalue weighted by molar-refractivity contribution is 6.92. The highest BCUT2D eigenvalue weighted by Gasteiger charge is 2.57. The third-order valence-electron chi connectivity index (χ3n) is 9.08. The zero-order chi connectivity index (χ0) is 26.0. The van der Waals surface area contributed by atoms with E-state index in [9.17, 15) is 0 Å². The third kappa shape index (κ3) is 4.55. The Labute approximate surface area is 228 Å². The van der Waals surface area contributed by atoms with Crippen molar-refractivity contribution in [1.29, 1.82) is 0 Å². The second-order valence-corrected chi connectivity index (χ2v) is 15.1. The topological polar surface area (TPSA) is 40.0 Å². The van der Waals surface area contributed by atoms with Gasteiger partial charge in [-0.25, -0.2) is 4.99 Å². The summed E-state index contributed by atoms with van der Waals surface area (Å²) in [4.78, 5) is 5.24. The summed E-state index contributed by atoms with van der Waals surface area (Å²) in [5.74, 6) is 2.56. The van der Waals surface area contributed by atoms with Crippen LogP contribution in [0.15, 0.2) is 71.7 Å². The summed E-state index contributed by atoms with van der Waals surface area (Å²) in [6.45, 7) is 0. The lowest BCUT2D eigenvalue weighted by atomic mass is 9.99. The number of methoxy groups -OCH3 is 2. The number of nitrogens with zero attached hydrogens (tertiary/aromatic N) is 1. The Kier molecular flexibility index (Phi) is 7.29. The first kappa shape index (κ1) is 25.2. The average molecular weight is 526 g/mol. The molecule has 5 heteroatoms. The smallest absolute Gasteiger partial charge is 0.293 e. The van der Waals surface area contributed by atoms with Crippen molar-refractivity contribution in [2.45, 2.75) is 75.3 Å². The van der Waals surface area contributed by atoms with E-state index in [1.165, 1.54) is 80.5 Å². The Morgan fingerprint density at radius 2 is 1.18 bits per heavy atom. The van der Waals surface area contributed by atoms with E-state index >= 15 is 0 Å². The molecule has 1 heterocycles. The van der Waals surface area contributed by atoms with E-state index in [1.54, 1.807) is 14.2 Å². The predicted octanol–water partition coefficient (Wildman–Crippen LogP) is 8.30. The standard InChI is InChI=1S/C33H39NO3Si/c1-35-26-20-16-24(17-21-26)30-14-9-15-31-32(30)38(28-10-5-3-6-11-28,29-12-7-4-8-13-29)37-33(34-31)25-18-22-27(36-2)23-19-25/h9,14-23,28-29H,3-8,10-13H2,1-2H3. The fourth-order valence-electron chi connectivity index (χ4n) is 7.23. The summed E-state index contributed by atoms with van der Waals surface area (Å²) < 4.78 is 18.5. The van der Waals surface area contributed by atoms with Gasteiger partial charge in [-0.1, -0.05) is 62.8 Å². The van der Waals surface area contributed by atoms with E-state index in [2.05, 4.69) is 54.6 Å².